The Balaban J connectivity index is 1.64. The third kappa shape index (κ3) is 3.85. The second-order valence-corrected chi connectivity index (χ2v) is 6.10. The quantitative estimate of drug-likeness (QED) is 0.715. The largest absolute Gasteiger partial charge is 0.497 e. The molecule has 132 valence electrons. The Morgan fingerprint density at radius 1 is 1.28 bits per heavy atom. The Morgan fingerprint density at radius 3 is 2.80 bits per heavy atom. The number of nitrogens with one attached hydrogen (secondary N) is 1. The molecule has 2 aromatic heterocycles. The zero-order valence-corrected chi connectivity index (χ0v) is 14.6. The molecule has 1 aromatic carbocycles. The van der Waals surface area contributed by atoms with E-state index in [1.165, 1.54) is 0 Å². The van der Waals surface area contributed by atoms with E-state index in [-0.39, 0.29) is 18.4 Å². The van der Waals surface area contributed by atoms with Crippen molar-refractivity contribution in [3.8, 4) is 5.75 Å². The number of furan rings is 2. The van der Waals surface area contributed by atoms with Gasteiger partial charge in [0.1, 0.15) is 17.1 Å². The number of rotatable bonds is 7. The number of amides is 1. The van der Waals surface area contributed by atoms with Crippen LogP contribution in [0.2, 0.25) is 0 Å². The van der Waals surface area contributed by atoms with Crippen molar-refractivity contribution in [3.05, 3.63) is 54.2 Å². The second-order valence-electron chi connectivity index (χ2n) is 6.10. The summed E-state index contributed by atoms with van der Waals surface area (Å²) in [4.78, 5) is 14.4. The molecule has 0 aliphatic carbocycles. The van der Waals surface area contributed by atoms with Gasteiger partial charge >= 0.3 is 0 Å². The third-order valence-corrected chi connectivity index (χ3v) is 4.20. The maximum atomic E-state index is 12.3. The number of methoxy groups -OCH3 is 1. The minimum Gasteiger partial charge on any atom is -0.497 e. The predicted molar refractivity (Wildman–Crippen MR) is 94.6 cm³/mol. The zero-order valence-electron chi connectivity index (χ0n) is 14.6. The van der Waals surface area contributed by atoms with Crippen LogP contribution in [0, 0.1) is 0 Å². The molecule has 6 nitrogen and oxygen atoms in total. The summed E-state index contributed by atoms with van der Waals surface area (Å²) in [6, 6.07) is 9.33. The Hall–Kier alpha value is -2.73. The summed E-state index contributed by atoms with van der Waals surface area (Å²) in [6.45, 7) is 0.475. The molecule has 0 spiro atoms. The van der Waals surface area contributed by atoms with Gasteiger partial charge in [-0.3, -0.25) is 9.69 Å². The molecule has 0 bridgehead atoms. The van der Waals surface area contributed by atoms with Gasteiger partial charge < -0.3 is 18.9 Å². The number of carbonyl (C=O) groups excluding carboxylic acids is 1. The summed E-state index contributed by atoms with van der Waals surface area (Å²) in [5, 5.41) is 3.89. The summed E-state index contributed by atoms with van der Waals surface area (Å²) >= 11 is 0. The molecule has 2 heterocycles. The number of hydrogen-bond acceptors (Lipinski definition) is 5. The van der Waals surface area contributed by atoms with E-state index in [2.05, 4.69) is 5.32 Å². The lowest BCUT2D eigenvalue weighted by atomic mass is 10.1. The second kappa shape index (κ2) is 7.44. The zero-order chi connectivity index (χ0) is 17.8. The summed E-state index contributed by atoms with van der Waals surface area (Å²) in [6.07, 6.45) is 3.52. The molecule has 0 aliphatic rings. The first-order valence-corrected chi connectivity index (χ1v) is 8.09. The van der Waals surface area contributed by atoms with Gasteiger partial charge in [0.15, 0.2) is 0 Å². The molecule has 1 amide bonds. The molecular weight excluding hydrogens is 320 g/mol. The van der Waals surface area contributed by atoms with Crippen molar-refractivity contribution in [2.45, 2.75) is 12.5 Å². The lowest BCUT2D eigenvalue weighted by molar-refractivity contribution is -0.120. The van der Waals surface area contributed by atoms with Crippen LogP contribution in [0.25, 0.3) is 11.0 Å². The molecule has 0 saturated carbocycles. The van der Waals surface area contributed by atoms with Gasteiger partial charge in [-0.2, -0.15) is 0 Å². The normalized spacial score (nSPS) is 12.5. The Morgan fingerprint density at radius 2 is 2.12 bits per heavy atom. The Labute approximate surface area is 146 Å². The minimum atomic E-state index is -0.0584. The van der Waals surface area contributed by atoms with Gasteiger partial charge in [0.25, 0.3) is 0 Å². The molecule has 1 N–H and O–H groups in total. The van der Waals surface area contributed by atoms with Crippen molar-refractivity contribution >= 4 is 16.9 Å². The van der Waals surface area contributed by atoms with Crippen molar-refractivity contribution < 1.29 is 18.4 Å². The molecule has 3 aromatic rings. The van der Waals surface area contributed by atoms with Crippen LogP contribution < -0.4 is 10.1 Å². The van der Waals surface area contributed by atoms with Gasteiger partial charge in [0.2, 0.25) is 5.91 Å². The van der Waals surface area contributed by atoms with E-state index in [4.69, 9.17) is 13.6 Å². The maximum Gasteiger partial charge on any atom is 0.224 e. The summed E-state index contributed by atoms with van der Waals surface area (Å²) in [7, 11) is 5.52. The van der Waals surface area contributed by atoms with Gasteiger partial charge in [0, 0.05) is 23.6 Å². The molecule has 3 rings (SSSR count). The van der Waals surface area contributed by atoms with Gasteiger partial charge in [0.05, 0.1) is 32.1 Å². The van der Waals surface area contributed by atoms with Crippen LogP contribution in [0.15, 0.2) is 51.7 Å². The number of nitrogens with zero attached hydrogens (tertiary/aromatic N) is 1. The highest BCUT2D eigenvalue weighted by molar-refractivity contribution is 5.88. The molecule has 0 saturated heterocycles. The van der Waals surface area contributed by atoms with Gasteiger partial charge in [-0.05, 0) is 38.4 Å². The van der Waals surface area contributed by atoms with E-state index in [1.54, 1.807) is 19.6 Å². The molecule has 25 heavy (non-hydrogen) atoms. The number of benzene rings is 1. The van der Waals surface area contributed by atoms with Crippen molar-refractivity contribution in [1.29, 1.82) is 0 Å². The molecule has 1 unspecified atom stereocenters. The number of fused-ring (bicyclic) bond motifs is 1. The number of ether oxygens (including phenoxy) is 1. The van der Waals surface area contributed by atoms with Crippen LogP contribution in [0.4, 0.5) is 0 Å². The SMILES string of the molecule is COc1ccc2c(CC(=O)NCC(c3ccco3)N(C)C)coc2c1. The van der Waals surface area contributed by atoms with Crippen LogP contribution >= 0.6 is 0 Å². The standard InChI is InChI=1S/C19H22N2O4/c1-21(2)16(17-5-4-8-24-17)11-20-19(22)9-13-12-25-18-10-14(23-3)6-7-15(13)18/h4-8,10,12,16H,9,11H2,1-3H3,(H,20,22). The van der Waals surface area contributed by atoms with Crippen LogP contribution in [0.3, 0.4) is 0 Å². The topological polar surface area (TPSA) is 67.8 Å². The molecule has 0 aliphatic heterocycles. The minimum absolute atomic E-state index is 0.00990. The van der Waals surface area contributed by atoms with E-state index >= 15 is 0 Å². The van der Waals surface area contributed by atoms with E-state index < -0.39 is 0 Å². The van der Waals surface area contributed by atoms with E-state index in [9.17, 15) is 4.79 Å². The van der Waals surface area contributed by atoms with Crippen LogP contribution in [-0.2, 0) is 11.2 Å². The highest BCUT2D eigenvalue weighted by Gasteiger charge is 2.18. The summed E-state index contributed by atoms with van der Waals surface area (Å²) < 4.78 is 16.2. The van der Waals surface area contributed by atoms with Crippen LogP contribution in [0.1, 0.15) is 17.4 Å². The summed E-state index contributed by atoms with van der Waals surface area (Å²) in [5.74, 6) is 1.49. The fourth-order valence-electron chi connectivity index (χ4n) is 2.79. The maximum absolute atomic E-state index is 12.3. The molecule has 0 fully saturated rings. The van der Waals surface area contributed by atoms with Crippen LogP contribution in [-0.4, -0.2) is 38.6 Å². The van der Waals surface area contributed by atoms with Crippen molar-refractivity contribution in [1.82, 2.24) is 10.2 Å². The highest BCUT2D eigenvalue weighted by atomic mass is 16.5. The highest BCUT2D eigenvalue weighted by Crippen LogP contribution is 2.26. The first-order chi connectivity index (χ1) is 12.1. The van der Waals surface area contributed by atoms with Crippen molar-refractivity contribution in [2.24, 2.45) is 0 Å². The van der Waals surface area contributed by atoms with Crippen LogP contribution in [0.5, 0.6) is 5.75 Å². The lowest BCUT2D eigenvalue weighted by Gasteiger charge is -2.22. The summed E-state index contributed by atoms with van der Waals surface area (Å²) in [5.41, 5.74) is 1.57. The molecular formula is C19H22N2O4. The third-order valence-electron chi connectivity index (χ3n) is 4.20. The fourth-order valence-corrected chi connectivity index (χ4v) is 2.79. The predicted octanol–water partition coefficient (Wildman–Crippen LogP) is 3.00. The fraction of sp³-hybridized carbons (Fsp3) is 0.316. The van der Waals surface area contributed by atoms with Gasteiger partial charge in [-0.1, -0.05) is 0 Å². The average Bonchev–Trinajstić information content (AvgIpc) is 3.25. The van der Waals surface area contributed by atoms with E-state index in [1.807, 2.05) is 49.3 Å². The van der Waals surface area contributed by atoms with Gasteiger partial charge in [-0.15, -0.1) is 0 Å². The molecule has 1 atom stereocenters. The van der Waals surface area contributed by atoms with E-state index in [0.717, 1.165) is 22.5 Å². The Bertz CT molecular complexity index is 836. The monoisotopic (exact) mass is 342 g/mol. The smallest absolute Gasteiger partial charge is 0.224 e. The number of carbonyl (C=O) groups is 1. The first kappa shape index (κ1) is 17.1. The first-order valence-electron chi connectivity index (χ1n) is 8.09. The Kier molecular flexibility index (Phi) is 5.09. The van der Waals surface area contributed by atoms with Crippen molar-refractivity contribution in [3.63, 3.8) is 0 Å². The molecule has 0 radical (unpaired) electrons. The van der Waals surface area contributed by atoms with Gasteiger partial charge in [-0.25, -0.2) is 0 Å². The average molecular weight is 342 g/mol. The lowest BCUT2D eigenvalue weighted by Crippen LogP contribution is -2.35. The van der Waals surface area contributed by atoms with Crippen molar-refractivity contribution in [2.75, 3.05) is 27.7 Å². The molecule has 6 heteroatoms. The van der Waals surface area contributed by atoms with E-state index in [0.29, 0.717) is 12.1 Å². The number of likely N-dealkylation sites (N-methyl/N-ethyl adjacent to an activating group) is 1. The number of hydrogen-bond donors (Lipinski definition) is 1.